The minimum absolute atomic E-state index is 0.121. The molecule has 0 aliphatic carbocycles. The van der Waals surface area contributed by atoms with Crippen molar-refractivity contribution < 1.29 is 14.6 Å². The van der Waals surface area contributed by atoms with Crippen molar-refractivity contribution in [3.05, 3.63) is 29.8 Å². The van der Waals surface area contributed by atoms with Gasteiger partial charge in [-0.1, -0.05) is 41.0 Å². The average molecular weight is 278 g/mol. The van der Waals surface area contributed by atoms with E-state index >= 15 is 0 Å². The predicted molar refractivity (Wildman–Crippen MR) is 80.9 cm³/mol. The normalized spacial score (nSPS) is 14.7. The Hall–Kier alpha value is -1.51. The average Bonchev–Trinajstić information content (AvgIpc) is 2.37. The maximum atomic E-state index is 12.3. The van der Waals surface area contributed by atoms with Gasteiger partial charge in [0.1, 0.15) is 11.4 Å². The van der Waals surface area contributed by atoms with Crippen molar-refractivity contribution in [2.75, 3.05) is 0 Å². The van der Waals surface area contributed by atoms with Gasteiger partial charge in [0.2, 0.25) is 0 Å². The Morgan fingerprint density at radius 1 is 1.15 bits per heavy atom. The van der Waals surface area contributed by atoms with Gasteiger partial charge in [0, 0.05) is 5.41 Å². The van der Waals surface area contributed by atoms with E-state index in [-0.39, 0.29) is 17.1 Å². The summed E-state index contributed by atoms with van der Waals surface area (Å²) < 4.78 is 5.90. The topological polar surface area (TPSA) is 46.5 Å². The predicted octanol–water partition coefficient (Wildman–Crippen LogP) is 4.54. The lowest BCUT2D eigenvalue weighted by Gasteiger charge is -2.43. The molecule has 0 spiro atoms. The summed E-state index contributed by atoms with van der Waals surface area (Å²) in [6.07, 6.45) is 2.60. The number of ether oxygens (including phenoxy) is 1. The maximum Gasteiger partial charge on any atom is 0.338 e. The van der Waals surface area contributed by atoms with Crippen LogP contribution in [-0.4, -0.2) is 16.7 Å². The summed E-state index contributed by atoms with van der Waals surface area (Å²) in [5.74, 6) is -0.178. The molecule has 0 saturated carbocycles. The molecule has 1 atom stereocenters. The molecule has 1 N–H and O–H groups in total. The zero-order valence-corrected chi connectivity index (χ0v) is 13.2. The number of phenols is 1. The summed E-state index contributed by atoms with van der Waals surface area (Å²) in [5.41, 5.74) is -0.109. The quantitative estimate of drug-likeness (QED) is 0.804. The lowest BCUT2D eigenvalue weighted by atomic mass is 9.72. The van der Waals surface area contributed by atoms with Crippen LogP contribution in [0.4, 0.5) is 0 Å². The molecule has 1 unspecified atom stereocenters. The fraction of sp³-hybridized carbons (Fsp3) is 0.588. The second-order valence-corrected chi connectivity index (χ2v) is 6.28. The van der Waals surface area contributed by atoms with E-state index in [9.17, 15) is 9.90 Å². The van der Waals surface area contributed by atoms with Crippen molar-refractivity contribution in [3.8, 4) is 5.75 Å². The second-order valence-electron chi connectivity index (χ2n) is 6.28. The van der Waals surface area contributed by atoms with Gasteiger partial charge in [-0.15, -0.1) is 0 Å². The van der Waals surface area contributed by atoms with Crippen molar-refractivity contribution in [3.63, 3.8) is 0 Å². The number of carbonyl (C=O) groups excluding carboxylic acids is 1. The van der Waals surface area contributed by atoms with Crippen LogP contribution < -0.4 is 0 Å². The van der Waals surface area contributed by atoms with Gasteiger partial charge in [-0.3, -0.25) is 0 Å². The molecule has 1 aromatic carbocycles. The third-order valence-corrected chi connectivity index (χ3v) is 3.98. The molecule has 0 fully saturated rings. The highest BCUT2D eigenvalue weighted by molar-refractivity contribution is 5.89. The number of hydrogen-bond acceptors (Lipinski definition) is 3. The van der Waals surface area contributed by atoms with E-state index in [0.717, 1.165) is 19.3 Å². The van der Waals surface area contributed by atoms with E-state index in [1.54, 1.807) is 12.1 Å². The van der Waals surface area contributed by atoms with Crippen molar-refractivity contribution in [1.29, 1.82) is 0 Å². The highest BCUT2D eigenvalue weighted by Gasteiger charge is 2.43. The monoisotopic (exact) mass is 278 g/mol. The van der Waals surface area contributed by atoms with Crippen molar-refractivity contribution in [2.45, 2.75) is 59.5 Å². The lowest BCUT2D eigenvalue weighted by molar-refractivity contribution is -0.0873. The molecule has 20 heavy (non-hydrogen) atoms. The largest absolute Gasteiger partial charge is 0.508 e. The molecule has 0 aromatic heterocycles. The zero-order chi connectivity index (χ0) is 15.4. The van der Waals surface area contributed by atoms with Crippen molar-refractivity contribution in [2.24, 2.45) is 5.41 Å². The Labute approximate surface area is 122 Å². The van der Waals surface area contributed by atoms with E-state index in [0.29, 0.717) is 5.56 Å². The first kappa shape index (κ1) is 16.5. The molecule has 3 heteroatoms. The van der Waals surface area contributed by atoms with Gasteiger partial charge in [-0.05, 0) is 37.1 Å². The molecule has 1 aromatic rings. The fourth-order valence-electron chi connectivity index (χ4n) is 2.60. The van der Waals surface area contributed by atoms with Crippen LogP contribution in [-0.2, 0) is 4.74 Å². The molecule has 0 bridgehead atoms. The van der Waals surface area contributed by atoms with Gasteiger partial charge < -0.3 is 9.84 Å². The number of benzene rings is 1. The summed E-state index contributed by atoms with van der Waals surface area (Å²) in [5, 5.41) is 9.28. The van der Waals surface area contributed by atoms with E-state index in [4.69, 9.17) is 4.74 Å². The molecular formula is C17H26O3. The van der Waals surface area contributed by atoms with Crippen LogP contribution >= 0.6 is 0 Å². The highest BCUT2D eigenvalue weighted by atomic mass is 16.6. The third-order valence-electron chi connectivity index (χ3n) is 3.98. The van der Waals surface area contributed by atoms with E-state index in [2.05, 4.69) is 34.6 Å². The summed E-state index contributed by atoms with van der Waals surface area (Å²) in [6.45, 7) is 10.5. The van der Waals surface area contributed by atoms with Gasteiger partial charge in [0.15, 0.2) is 0 Å². The maximum absolute atomic E-state index is 12.3. The number of phenolic OH excluding ortho intramolecular Hbond substituents is 1. The molecule has 0 radical (unpaired) electrons. The fourth-order valence-corrected chi connectivity index (χ4v) is 2.60. The SMILES string of the molecule is CCCC(CC)(OC(=O)c1ccc(O)cc1)C(C)(C)C. The van der Waals surface area contributed by atoms with Gasteiger partial charge in [0.25, 0.3) is 0 Å². The molecular weight excluding hydrogens is 252 g/mol. The minimum atomic E-state index is -0.462. The highest BCUT2D eigenvalue weighted by Crippen LogP contribution is 2.41. The first-order valence-corrected chi connectivity index (χ1v) is 7.28. The first-order valence-electron chi connectivity index (χ1n) is 7.28. The number of rotatable bonds is 5. The van der Waals surface area contributed by atoms with Crippen LogP contribution in [0.2, 0.25) is 0 Å². The second kappa shape index (κ2) is 6.29. The zero-order valence-electron chi connectivity index (χ0n) is 13.2. The Morgan fingerprint density at radius 2 is 1.70 bits per heavy atom. The molecule has 0 aliphatic heterocycles. The van der Waals surface area contributed by atoms with Crippen LogP contribution in [0, 0.1) is 5.41 Å². The Morgan fingerprint density at radius 3 is 2.10 bits per heavy atom. The smallest absolute Gasteiger partial charge is 0.338 e. The van der Waals surface area contributed by atoms with Crippen molar-refractivity contribution in [1.82, 2.24) is 0 Å². The molecule has 112 valence electrons. The standard InChI is InChI=1S/C17H26O3/c1-6-12-17(7-2,16(3,4)5)20-15(19)13-8-10-14(18)11-9-13/h8-11,18H,6-7,12H2,1-5H3. The van der Waals surface area contributed by atoms with Gasteiger partial charge in [-0.2, -0.15) is 0 Å². The Kier molecular flexibility index (Phi) is 5.21. The number of hydrogen-bond donors (Lipinski definition) is 1. The third kappa shape index (κ3) is 3.53. The molecule has 0 saturated heterocycles. The molecule has 1 rings (SSSR count). The van der Waals surface area contributed by atoms with Crippen LogP contribution in [0.3, 0.4) is 0 Å². The van der Waals surface area contributed by atoms with Crippen LogP contribution in [0.1, 0.15) is 64.2 Å². The van der Waals surface area contributed by atoms with E-state index in [1.807, 2.05) is 0 Å². The van der Waals surface area contributed by atoms with E-state index in [1.165, 1.54) is 12.1 Å². The van der Waals surface area contributed by atoms with Gasteiger partial charge >= 0.3 is 5.97 Å². The van der Waals surface area contributed by atoms with Crippen LogP contribution in [0.15, 0.2) is 24.3 Å². The molecule has 0 aliphatic rings. The minimum Gasteiger partial charge on any atom is -0.508 e. The summed E-state index contributed by atoms with van der Waals surface area (Å²) >= 11 is 0. The summed E-state index contributed by atoms with van der Waals surface area (Å²) in [4.78, 5) is 12.3. The number of carbonyl (C=O) groups is 1. The van der Waals surface area contributed by atoms with Gasteiger partial charge in [-0.25, -0.2) is 4.79 Å². The summed E-state index contributed by atoms with van der Waals surface area (Å²) in [7, 11) is 0. The van der Waals surface area contributed by atoms with Crippen molar-refractivity contribution >= 4 is 5.97 Å². The van der Waals surface area contributed by atoms with E-state index < -0.39 is 5.60 Å². The Balaban J connectivity index is 3.00. The first-order chi connectivity index (χ1) is 9.25. The molecule has 0 heterocycles. The van der Waals surface area contributed by atoms with Gasteiger partial charge in [0.05, 0.1) is 5.56 Å². The number of esters is 1. The number of aromatic hydroxyl groups is 1. The lowest BCUT2D eigenvalue weighted by Crippen LogP contribution is -2.46. The van der Waals surface area contributed by atoms with Crippen LogP contribution in [0.25, 0.3) is 0 Å². The molecule has 0 amide bonds. The summed E-state index contributed by atoms with van der Waals surface area (Å²) in [6, 6.07) is 6.18. The Bertz CT molecular complexity index is 442. The molecule has 3 nitrogen and oxygen atoms in total. The van der Waals surface area contributed by atoms with Crippen LogP contribution in [0.5, 0.6) is 5.75 Å².